The van der Waals surface area contributed by atoms with Gasteiger partial charge in [-0.25, -0.2) is 9.48 Å². The number of fused-ring (bicyclic) bond motifs is 1. The summed E-state index contributed by atoms with van der Waals surface area (Å²) in [6, 6.07) is 15.8. The van der Waals surface area contributed by atoms with Gasteiger partial charge in [-0.1, -0.05) is 24.3 Å². The molecule has 3 aromatic rings. The number of benzene rings is 2. The molecule has 1 aromatic heterocycles. The number of imide groups is 1. The summed E-state index contributed by atoms with van der Waals surface area (Å²) in [6.45, 7) is 1.28. The number of hydrogen-bond acceptors (Lipinski definition) is 6. The Morgan fingerprint density at radius 2 is 1.89 bits per heavy atom. The summed E-state index contributed by atoms with van der Waals surface area (Å²) in [4.78, 5) is 39.9. The lowest BCUT2D eigenvalue weighted by atomic mass is 9.91. The molecule has 1 unspecified atom stereocenters. The second-order valence-electron chi connectivity index (χ2n) is 9.04. The molecular formula is C25H23N5O5. The number of urea groups is 1. The zero-order valence-electron chi connectivity index (χ0n) is 19.0. The summed E-state index contributed by atoms with van der Waals surface area (Å²) < 4.78 is 12.4. The number of anilines is 1. The molecule has 0 bridgehead atoms. The van der Waals surface area contributed by atoms with Crippen molar-refractivity contribution in [2.45, 2.75) is 31.2 Å². The molecule has 2 fully saturated rings. The van der Waals surface area contributed by atoms with Crippen molar-refractivity contribution in [2.75, 3.05) is 18.7 Å². The number of aromatic nitrogens is 2. The number of rotatable bonds is 6. The molecule has 1 saturated carbocycles. The zero-order chi connectivity index (χ0) is 24.2. The van der Waals surface area contributed by atoms with E-state index in [1.165, 1.54) is 0 Å². The average Bonchev–Trinajstić information content (AvgIpc) is 3.38. The Bertz CT molecular complexity index is 1350. The molecule has 3 aliphatic rings. The van der Waals surface area contributed by atoms with Gasteiger partial charge in [0, 0.05) is 12.0 Å². The van der Waals surface area contributed by atoms with Crippen LogP contribution in [0.25, 0.3) is 5.69 Å². The Labute approximate surface area is 200 Å². The first-order valence-corrected chi connectivity index (χ1v) is 11.4. The van der Waals surface area contributed by atoms with Crippen LogP contribution < -0.4 is 20.1 Å². The van der Waals surface area contributed by atoms with Crippen LogP contribution in [0, 0.1) is 0 Å². The van der Waals surface area contributed by atoms with E-state index in [4.69, 9.17) is 9.47 Å². The van der Waals surface area contributed by atoms with E-state index in [9.17, 15) is 14.4 Å². The van der Waals surface area contributed by atoms with Crippen molar-refractivity contribution in [3.8, 4) is 17.2 Å². The van der Waals surface area contributed by atoms with E-state index in [1.807, 2.05) is 36.4 Å². The molecule has 2 N–H and O–H groups in total. The molecule has 0 spiro atoms. The van der Waals surface area contributed by atoms with Gasteiger partial charge in [0.1, 0.15) is 17.9 Å². The molecular weight excluding hydrogens is 450 g/mol. The number of nitrogens with zero attached hydrogens (tertiary/aromatic N) is 3. The van der Waals surface area contributed by atoms with Crippen LogP contribution >= 0.6 is 0 Å². The molecule has 10 heteroatoms. The smallest absolute Gasteiger partial charge is 0.325 e. The maximum absolute atomic E-state index is 13.3. The third-order valence-electron chi connectivity index (χ3n) is 6.52. The van der Waals surface area contributed by atoms with Gasteiger partial charge in [0.25, 0.3) is 5.91 Å². The van der Waals surface area contributed by atoms with Crippen LogP contribution in [0.15, 0.2) is 54.6 Å². The van der Waals surface area contributed by atoms with Crippen LogP contribution in [-0.4, -0.2) is 45.9 Å². The minimum absolute atomic E-state index is 0.101. The monoisotopic (exact) mass is 473 g/mol. The van der Waals surface area contributed by atoms with Gasteiger partial charge in [-0.2, -0.15) is 5.10 Å². The third kappa shape index (κ3) is 3.67. The van der Waals surface area contributed by atoms with E-state index in [1.54, 1.807) is 29.8 Å². The first kappa shape index (κ1) is 21.2. The Morgan fingerprint density at radius 1 is 1.11 bits per heavy atom. The highest BCUT2D eigenvalue weighted by Gasteiger charge is 2.50. The number of carbonyl (C=O) groups is 3. The van der Waals surface area contributed by atoms with Crippen molar-refractivity contribution < 1.29 is 23.9 Å². The number of para-hydroxylation sites is 1. The highest BCUT2D eigenvalue weighted by atomic mass is 16.7. The summed E-state index contributed by atoms with van der Waals surface area (Å²) >= 11 is 0. The number of ether oxygens (including phenoxy) is 2. The molecule has 178 valence electrons. The number of carbonyl (C=O) groups excluding carboxylic acids is 3. The first-order valence-electron chi connectivity index (χ1n) is 11.4. The first-order chi connectivity index (χ1) is 16.9. The Balaban J connectivity index is 1.21. The summed E-state index contributed by atoms with van der Waals surface area (Å²) in [6.07, 6.45) is 2.14. The lowest BCUT2D eigenvalue weighted by Gasteiger charge is -2.22. The van der Waals surface area contributed by atoms with E-state index >= 15 is 0 Å². The van der Waals surface area contributed by atoms with Gasteiger partial charge >= 0.3 is 6.03 Å². The Kier molecular flexibility index (Phi) is 4.77. The van der Waals surface area contributed by atoms with Crippen LogP contribution in [0.3, 0.4) is 0 Å². The van der Waals surface area contributed by atoms with Gasteiger partial charge in [0.15, 0.2) is 11.5 Å². The molecule has 1 atom stereocenters. The zero-order valence-corrected chi connectivity index (χ0v) is 19.0. The van der Waals surface area contributed by atoms with E-state index in [-0.39, 0.29) is 6.79 Å². The van der Waals surface area contributed by atoms with Crippen molar-refractivity contribution in [2.24, 2.45) is 0 Å². The summed E-state index contributed by atoms with van der Waals surface area (Å²) in [5.41, 5.74) is 0.928. The predicted molar refractivity (Wildman–Crippen MR) is 124 cm³/mol. The van der Waals surface area contributed by atoms with Gasteiger partial charge in [-0.05, 0) is 49.6 Å². The summed E-state index contributed by atoms with van der Waals surface area (Å²) in [5.74, 6) is 0.945. The van der Waals surface area contributed by atoms with Crippen LogP contribution in [0.4, 0.5) is 10.6 Å². The number of amides is 4. The molecule has 4 amide bonds. The minimum atomic E-state index is -1.33. The van der Waals surface area contributed by atoms with E-state index < -0.39 is 29.9 Å². The largest absolute Gasteiger partial charge is 0.454 e. The second-order valence-corrected chi connectivity index (χ2v) is 9.04. The van der Waals surface area contributed by atoms with Gasteiger partial charge in [0.05, 0.1) is 11.4 Å². The van der Waals surface area contributed by atoms with Crippen LogP contribution in [0.2, 0.25) is 0 Å². The summed E-state index contributed by atoms with van der Waals surface area (Å²) in [5, 5.41) is 10.2. The topological polar surface area (TPSA) is 115 Å². The SMILES string of the molecule is CC1(c2ccc3c(c2)OCO3)NC(=O)N(CC(=O)Nc2cc(C3CC3)nn2-c2ccccc2)C1=O. The van der Waals surface area contributed by atoms with Crippen molar-refractivity contribution in [3.05, 3.63) is 65.9 Å². The van der Waals surface area contributed by atoms with Crippen molar-refractivity contribution in [1.29, 1.82) is 0 Å². The maximum Gasteiger partial charge on any atom is 0.325 e. The van der Waals surface area contributed by atoms with E-state index in [0.29, 0.717) is 28.8 Å². The third-order valence-corrected chi connectivity index (χ3v) is 6.52. The molecule has 0 radical (unpaired) electrons. The minimum Gasteiger partial charge on any atom is -0.454 e. The fourth-order valence-electron chi connectivity index (χ4n) is 4.40. The van der Waals surface area contributed by atoms with Crippen LogP contribution in [0.5, 0.6) is 11.5 Å². The molecule has 1 saturated heterocycles. The molecule has 2 aliphatic heterocycles. The van der Waals surface area contributed by atoms with Crippen LogP contribution in [0.1, 0.15) is 36.9 Å². The average molecular weight is 473 g/mol. The Morgan fingerprint density at radius 3 is 2.66 bits per heavy atom. The second kappa shape index (κ2) is 7.86. The van der Waals surface area contributed by atoms with Crippen LogP contribution in [-0.2, 0) is 15.1 Å². The lowest BCUT2D eigenvalue weighted by molar-refractivity contribution is -0.133. The fraction of sp³-hybridized carbons (Fsp3) is 0.280. The van der Waals surface area contributed by atoms with Gasteiger partial charge in [-0.15, -0.1) is 0 Å². The molecule has 3 heterocycles. The van der Waals surface area contributed by atoms with Gasteiger partial charge in [0.2, 0.25) is 12.7 Å². The van der Waals surface area contributed by atoms with E-state index in [2.05, 4.69) is 15.7 Å². The van der Waals surface area contributed by atoms with Crippen molar-refractivity contribution in [3.63, 3.8) is 0 Å². The maximum atomic E-state index is 13.3. The molecule has 35 heavy (non-hydrogen) atoms. The van der Waals surface area contributed by atoms with Gasteiger partial charge in [-0.3, -0.25) is 14.5 Å². The van der Waals surface area contributed by atoms with Gasteiger partial charge < -0.3 is 20.1 Å². The highest BCUT2D eigenvalue weighted by Crippen LogP contribution is 2.41. The van der Waals surface area contributed by atoms with Crippen molar-refractivity contribution >= 4 is 23.7 Å². The standard InChI is InChI=1S/C25H23N5O5/c1-25(16-9-10-19-20(11-16)35-14-34-19)23(32)29(24(33)27-25)13-22(31)26-21-12-18(15-7-8-15)28-30(21)17-5-3-2-4-6-17/h2-6,9-12,15H,7-8,13-14H2,1H3,(H,26,31)(H,27,33). The molecule has 2 aromatic carbocycles. The normalized spacial score (nSPS) is 20.8. The fourth-order valence-corrected chi connectivity index (χ4v) is 4.40. The predicted octanol–water partition coefficient (Wildman–Crippen LogP) is 2.88. The quantitative estimate of drug-likeness (QED) is 0.532. The summed E-state index contributed by atoms with van der Waals surface area (Å²) in [7, 11) is 0. The number of nitrogens with one attached hydrogen (secondary N) is 2. The molecule has 10 nitrogen and oxygen atoms in total. The van der Waals surface area contributed by atoms with E-state index in [0.717, 1.165) is 29.1 Å². The Hall–Kier alpha value is -4.34. The number of hydrogen-bond donors (Lipinski definition) is 2. The highest BCUT2D eigenvalue weighted by molar-refractivity contribution is 6.10. The molecule has 6 rings (SSSR count). The lowest BCUT2D eigenvalue weighted by Crippen LogP contribution is -2.42. The molecule has 1 aliphatic carbocycles. The van der Waals surface area contributed by atoms with Crippen molar-refractivity contribution in [1.82, 2.24) is 20.0 Å².